The molecule has 0 radical (unpaired) electrons. The zero-order valence-corrected chi connectivity index (χ0v) is 12.9. The fraction of sp³-hybridized carbons (Fsp3) is 0.333. The fourth-order valence-corrected chi connectivity index (χ4v) is 2.33. The number of hydrogen-bond donors (Lipinski definition) is 1. The predicted octanol–water partition coefficient (Wildman–Crippen LogP) is 4.08. The van der Waals surface area contributed by atoms with Crippen molar-refractivity contribution >= 4 is 23.4 Å². The molecule has 0 unspecified atom stereocenters. The quantitative estimate of drug-likeness (QED) is 0.862. The minimum atomic E-state index is -0.177. The molecule has 0 saturated carbocycles. The molecule has 0 aliphatic heterocycles. The van der Waals surface area contributed by atoms with Crippen LogP contribution in [0, 0.1) is 6.92 Å². The van der Waals surface area contributed by atoms with Crippen LogP contribution in [0.1, 0.15) is 41.6 Å². The lowest BCUT2D eigenvalue weighted by Gasteiger charge is -2.07. The highest BCUT2D eigenvalue weighted by atomic mass is 32.2. The van der Waals surface area contributed by atoms with Crippen LogP contribution in [-0.2, 0) is 0 Å². The normalized spacial score (nSPS) is 10.8. The second kappa shape index (κ2) is 6.13. The number of amides is 1. The third-order valence-electron chi connectivity index (χ3n) is 2.99. The van der Waals surface area contributed by atoms with E-state index in [2.05, 4.69) is 10.5 Å². The first-order chi connectivity index (χ1) is 9.52. The number of anilines is 1. The van der Waals surface area contributed by atoms with Crippen molar-refractivity contribution in [2.45, 2.75) is 31.6 Å². The molecular formula is C15H18N2O2S. The molecule has 1 heterocycles. The molecule has 0 saturated heterocycles. The third-order valence-corrected chi connectivity index (χ3v) is 3.73. The SMILES string of the molecule is CSc1ccc(NC(=O)c2c(C)noc2C(C)C)cc1. The van der Waals surface area contributed by atoms with Gasteiger partial charge in [0.2, 0.25) is 0 Å². The van der Waals surface area contributed by atoms with Gasteiger partial charge in [-0.15, -0.1) is 11.8 Å². The monoisotopic (exact) mass is 290 g/mol. The Hall–Kier alpha value is -1.75. The first-order valence-electron chi connectivity index (χ1n) is 6.44. The fourth-order valence-electron chi connectivity index (χ4n) is 1.93. The molecule has 20 heavy (non-hydrogen) atoms. The number of carbonyl (C=O) groups excluding carboxylic acids is 1. The first kappa shape index (κ1) is 14.7. The van der Waals surface area contributed by atoms with E-state index in [9.17, 15) is 4.79 Å². The van der Waals surface area contributed by atoms with Gasteiger partial charge in [-0.25, -0.2) is 0 Å². The number of rotatable bonds is 4. The summed E-state index contributed by atoms with van der Waals surface area (Å²) >= 11 is 1.67. The summed E-state index contributed by atoms with van der Waals surface area (Å²) in [6.07, 6.45) is 2.02. The molecule has 0 aliphatic rings. The molecule has 2 aromatic rings. The molecule has 0 bridgehead atoms. The summed E-state index contributed by atoms with van der Waals surface area (Å²) in [5.74, 6) is 0.570. The molecule has 106 valence electrons. The molecule has 0 fully saturated rings. The number of nitrogens with one attached hydrogen (secondary N) is 1. The van der Waals surface area contributed by atoms with Crippen molar-refractivity contribution in [1.29, 1.82) is 0 Å². The zero-order chi connectivity index (χ0) is 14.7. The van der Waals surface area contributed by atoms with Crippen molar-refractivity contribution in [2.24, 2.45) is 0 Å². The maximum atomic E-state index is 12.4. The van der Waals surface area contributed by atoms with Crippen molar-refractivity contribution in [3.63, 3.8) is 0 Å². The Morgan fingerprint density at radius 2 is 1.95 bits per heavy atom. The number of aryl methyl sites for hydroxylation is 1. The number of benzene rings is 1. The predicted molar refractivity (Wildman–Crippen MR) is 81.5 cm³/mol. The van der Waals surface area contributed by atoms with Gasteiger partial charge in [0.15, 0.2) is 5.76 Å². The van der Waals surface area contributed by atoms with Crippen LogP contribution >= 0.6 is 11.8 Å². The largest absolute Gasteiger partial charge is 0.360 e. The lowest BCUT2D eigenvalue weighted by Crippen LogP contribution is -2.14. The van der Waals surface area contributed by atoms with Gasteiger partial charge in [0, 0.05) is 16.5 Å². The van der Waals surface area contributed by atoms with E-state index in [1.54, 1.807) is 18.7 Å². The molecule has 1 aromatic heterocycles. The molecule has 0 spiro atoms. The van der Waals surface area contributed by atoms with Gasteiger partial charge in [0.1, 0.15) is 5.56 Å². The van der Waals surface area contributed by atoms with E-state index in [-0.39, 0.29) is 11.8 Å². The van der Waals surface area contributed by atoms with Gasteiger partial charge in [0.25, 0.3) is 5.91 Å². The van der Waals surface area contributed by atoms with Crippen LogP contribution in [0.25, 0.3) is 0 Å². The summed E-state index contributed by atoms with van der Waals surface area (Å²) in [6, 6.07) is 7.73. The van der Waals surface area contributed by atoms with E-state index in [1.807, 2.05) is 44.4 Å². The molecule has 4 nitrogen and oxygen atoms in total. The Labute approximate surface area is 122 Å². The van der Waals surface area contributed by atoms with Crippen LogP contribution in [0.2, 0.25) is 0 Å². The average molecular weight is 290 g/mol. The van der Waals surface area contributed by atoms with Crippen molar-refractivity contribution in [3.8, 4) is 0 Å². The third kappa shape index (κ3) is 3.04. The summed E-state index contributed by atoms with van der Waals surface area (Å²) in [6.45, 7) is 5.73. The van der Waals surface area contributed by atoms with Gasteiger partial charge in [-0.1, -0.05) is 19.0 Å². The minimum Gasteiger partial charge on any atom is -0.360 e. The van der Waals surface area contributed by atoms with Crippen molar-refractivity contribution in [3.05, 3.63) is 41.3 Å². The Kier molecular flexibility index (Phi) is 4.49. The van der Waals surface area contributed by atoms with Crippen LogP contribution in [0.5, 0.6) is 0 Å². The number of hydrogen-bond acceptors (Lipinski definition) is 4. The van der Waals surface area contributed by atoms with Crippen molar-refractivity contribution < 1.29 is 9.32 Å². The van der Waals surface area contributed by atoms with Crippen LogP contribution < -0.4 is 5.32 Å². The molecule has 1 N–H and O–H groups in total. The first-order valence-corrected chi connectivity index (χ1v) is 7.67. The molecule has 1 aromatic carbocycles. The standard InChI is InChI=1S/C15H18N2O2S/c1-9(2)14-13(10(3)17-19-14)15(18)16-11-5-7-12(20-4)8-6-11/h5-9H,1-4H3,(H,16,18). The smallest absolute Gasteiger partial charge is 0.261 e. The maximum absolute atomic E-state index is 12.4. The summed E-state index contributed by atoms with van der Waals surface area (Å²) in [7, 11) is 0. The highest BCUT2D eigenvalue weighted by Gasteiger charge is 2.22. The van der Waals surface area contributed by atoms with Crippen LogP contribution in [0.4, 0.5) is 5.69 Å². The van der Waals surface area contributed by atoms with E-state index in [0.29, 0.717) is 17.0 Å². The summed E-state index contributed by atoms with van der Waals surface area (Å²) in [4.78, 5) is 13.5. The summed E-state index contributed by atoms with van der Waals surface area (Å²) in [5, 5.41) is 6.77. The highest BCUT2D eigenvalue weighted by molar-refractivity contribution is 7.98. The number of carbonyl (C=O) groups is 1. The van der Waals surface area contributed by atoms with Crippen LogP contribution in [0.3, 0.4) is 0 Å². The van der Waals surface area contributed by atoms with E-state index in [4.69, 9.17) is 4.52 Å². The lowest BCUT2D eigenvalue weighted by atomic mass is 10.0. The Morgan fingerprint density at radius 1 is 1.30 bits per heavy atom. The van der Waals surface area contributed by atoms with Crippen molar-refractivity contribution in [1.82, 2.24) is 5.16 Å². The molecule has 0 atom stereocenters. The van der Waals surface area contributed by atoms with Gasteiger partial charge >= 0.3 is 0 Å². The molecule has 2 rings (SSSR count). The van der Waals surface area contributed by atoms with E-state index in [1.165, 1.54) is 0 Å². The Morgan fingerprint density at radius 3 is 2.50 bits per heavy atom. The van der Waals surface area contributed by atoms with Gasteiger partial charge in [-0.2, -0.15) is 0 Å². The average Bonchev–Trinajstić information content (AvgIpc) is 2.81. The van der Waals surface area contributed by atoms with E-state index in [0.717, 1.165) is 10.6 Å². The number of thioether (sulfide) groups is 1. The summed E-state index contributed by atoms with van der Waals surface area (Å²) in [5.41, 5.74) is 1.92. The molecule has 5 heteroatoms. The maximum Gasteiger partial charge on any atom is 0.261 e. The minimum absolute atomic E-state index is 0.121. The van der Waals surface area contributed by atoms with Gasteiger partial charge in [-0.3, -0.25) is 4.79 Å². The van der Waals surface area contributed by atoms with Gasteiger partial charge < -0.3 is 9.84 Å². The second-order valence-corrected chi connectivity index (χ2v) is 5.72. The Bertz CT molecular complexity index is 603. The lowest BCUT2D eigenvalue weighted by molar-refractivity contribution is 0.102. The summed E-state index contributed by atoms with van der Waals surface area (Å²) < 4.78 is 5.24. The number of aromatic nitrogens is 1. The molecule has 0 aliphatic carbocycles. The van der Waals surface area contributed by atoms with E-state index < -0.39 is 0 Å². The van der Waals surface area contributed by atoms with Crippen LogP contribution in [-0.4, -0.2) is 17.3 Å². The second-order valence-electron chi connectivity index (χ2n) is 4.84. The molecular weight excluding hydrogens is 272 g/mol. The topological polar surface area (TPSA) is 55.1 Å². The zero-order valence-electron chi connectivity index (χ0n) is 12.1. The van der Waals surface area contributed by atoms with Gasteiger partial charge in [0.05, 0.1) is 5.69 Å². The van der Waals surface area contributed by atoms with Crippen molar-refractivity contribution in [2.75, 3.05) is 11.6 Å². The van der Waals surface area contributed by atoms with Crippen LogP contribution in [0.15, 0.2) is 33.7 Å². The van der Waals surface area contributed by atoms with E-state index >= 15 is 0 Å². The highest BCUT2D eigenvalue weighted by Crippen LogP contribution is 2.24. The number of nitrogens with zero attached hydrogens (tertiary/aromatic N) is 1. The Balaban J connectivity index is 2.21. The molecule has 1 amide bonds. The van der Waals surface area contributed by atoms with Gasteiger partial charge in [-0.05, 0) is 37.4 Å².